The van der Waals surface area contributed by atoms with Crippen LogP contribution in [0.2, 0.25) is 0 Å². The predicted octanol–water partition coefficient (Wildman–Crippen LogP) is 10.4. The average molecular weight is 616 g/mol. The second-order valence-electron chi connectivity index (χ2n) is 12.4. The molecule has 10 rings (SSSR count). The second kappa shape index (κ2) is 10.6. The van der Waals surface area contributed by atoms with E-state index in [1.165, 1.54) is 49.4 Å². The number of para-hydroxylation sites is 1. The Bertz CT molecular complexity index is 2660. The van der Waals surface area contributed by atoms with E-state index in [2.05, 4.69) is 124 Å². The highest BCUT2D eigenvalue weighted by Crippen LogP contribution is 2.42. The maximum atomic E-state index is 5.21. The van der Waals surface area contributed by atoms with E-state index in [4.69, 9.17) is 15.0 Å². The maximum Gasteiger partial charge on any atom is 0.238 e. The molecule has 0 amide bonds. The van der Waals surface area contributed by atoms with Gasteiger partial charge in [-0.25, -0.2) is 4.98 Å². The van der Waals surface area contributed by atoms with Crippen LogP contribution in [-0.2, 0) is 6.42 Å². The fourth-order valence-electron chi connectivity index (χ4n) is 7.47. The highest BCUT2D eigenvalue weighted by molar-refractivity contribution is 6.20. The largest absolute Gasteiger partial charge is 0.313 e. The molecule has 3 aromatic heterocycles. The van der Waals surface area contributed by atoms with E-state index in [9.17, 15) is 0 Å². The van der Waals surface area contributed by atoms with Crippen molar-refractivity contribution >= 4 is 49.6 Å². The van der Waals surface area contributed by atoms with E-state index in [1.54, 1.807) is 0 Å². The lowest BCUT2D eigenvalue weighted by Gasteiger charge is -2.14. The molecule has 226 valence electrons. The molecule has 1 aliphatic rings. The van der Waals surface area contributed by atoms with Crippen LogP contribution in [-0.4, -0.2) is 24.1 Å². The zero-order valence-corrected chi connectivity index (χ0v) is 26.1. The molecule has 5 nitrogen and oxygen atoms in total. The Morgan fingerprint density at radius 1 is 0.521 bits per heavy atom. The normalized spacial score (nSPS) is 12.8. The molecular formula is C43H29N5. The van der Waals surface area contributed by atoms with E-state index in [1.807, 2.05) is 36.4 Å². The van der Waals surface area contributed by atoms with E-state index < -0.39 is 0 Å². The first-order chi connectivity index (χ1) is 23.8. The van der Waals surface area contributed by atoms with Gasteiger partial charge in [0.1, 0.15) is 0 Å². The zero-order chi connectivity index (χ0) is 31.6. The lowest BCUT2D eigenvalue weighted by molar-refractivity contribution is 0.889. The fraction of sp³-hybridized carbons (Fsp3) is 0.0465. The van der Waals surface area contributed by atoms with Crippen LogP contribution in [0, 0.1) is 0 Å². The quantitative estimate of drug-likeness (QED) is 0.198. The molecular weight excluding hydrogens is 587 g/mol. The van der Waals surface area contributed by atoms with Gasteiger partial charge in [-0.1, -0.05) is 127 Å². The number of allylic oxidation sites excluding steroid dienone is 1. The summed E-state index contributed by atoms with van der Waals surface area (Å²) in [5.74, 6) is 1.90. The standard InChI is InChI=1S/C43H29N5/c1-3-14-29(15-4-1)41-44-42(30-16-5-2-6-17-30)46-43(45-41)48-36-21-11-9-19-33(36)34-25-26-38-39(40(34)48)35-20-10-12-22-37(35)47(38)32-24-23-28-13-7-8-18-31(28)27-32/h1-11,13-21,23-27H,12,22H2. The van der Waals surface area contributed by atoms with Gasteiger partial charge in [0.2, 0.25) is 5.95 Å². The van der Waals surface area contributed by atoms with Crippen LogP contribution in [0.15, 0.2) is 146 Å². The Balaban J connectivity index is 1.34. The molecule has 0 unspecified atom stereocenters. The SMILES string of the molecule is C1=Cc2c(n(-c3ccc4ccccc4c3)c3ccc4c5ccccc5n(-c5nc(-c6ccccc6)nc(-c6ccccc6)n5)c4c23)CC1. The summed E-state index contributed by atoms with van der Waals surface area (Å²) >= 11 is 0. The number of hydrogen-bond donors (Lipinski definition) is 0. The number of fused-ring (bicyclic) bond motifs is 8. The van der Waals surface area contributed by atoms with Gasteiger partial charge in [0.15, 0.2) is 11.6 Å². The first kappa shape index (κ1) is 26.8. The highest BCUT2D eigenvalue weighted by Gasteiger charge is 2.25. The van der Waals surface area contributed by atoms with Gasteiger partial charge in [-0.15, -0.1) is 0 Å². The summed E-state index contributed by atoms with van der Waals surface area (Å²) in [7, 11) is 0. The van der Waals surface area contributed by atoms with Gasteiger partial charge in [0.25, 0.3) is 0 Å². The molecule has 3 heterocycles. The van der Waals surface area contributed by atoms with Crippen LogP contribution < -0.4 is 0 Å². The van der Waals surface area contributed by atoms with Gasteiger partial charge in [-0.05, 0) is 47.9 Å². The molecule has 5 heteroatoms. The summed E-state index contributed by atoms with van der Waals surface area (Å²) in [6.45, 7) is 0. The van der Waals surface area contributed by atoms with Crippen molar-refractivity contribution in [3.05, 3.63) is 157 Å². The van der Waals surface area contributed by atoms with Crippen LogP contribution in [0.4, 0.5) is 0 Å². The van der Waals surface area contributed by atoms with Gasteiger partial charge < -0.3 is 4.57 Å². The molecule has 0 saturated heterocycles. The molecule has 0 bridgehead atoms. The molecule has 0 fully saturated rings. The summed E-state index contributed by atoms with van der Waals surface area (Å²) in [6.07, 6.45) is 6.61. The van der Waals surface area contributed by atoms with Gasteiger partial charge in [0.05, 0.1) is 16.6 Å². The van der Waals surface area contributed by atoms with Crippen LogP contribution >= 0.6 is 0 Å². The minimum Gasteiger partial charge on any atom is -0.313 e. The third-order valence-corrected chi connectivity index (χ3v) is 9.62. The highest BCUT2D eigenvalue weighted by atomic mass is 15.2. The lowest BCUT2D eigenvalue weighted by Crippen LogP contribution is -2.06. The summed E-state index contributed by atoms with van der Waals surface area (Å²) in [5.41, 5.74) is 9.03. The number of aromatic nitrogens is 5. The third kappa shape index (κ3) is 4.07. The molecule has 6 aromatic carbocycles. The van der Waals surface area contributed by atoms with Crippen molar-refractivity contribution in [1.29, 1.82) is 0 Å². The molecule has 9 aromatic rings. The second-order valence-corrected chi connectivity index (χ2v) is 12.4. The van der Waals surface area contributed by atoms with Crippen LogP contribution in [0.25, 0.3) is 84.0 Å². The van der Waals surface area contributed by atoms with Crippen molar-refractivity contribution in [1.82, 2.24) is 24.1 Å². The van der Waals surface area contributed by atoms with Crippen molar-refractivity contribution in [2.45, 2.75) is 12.8 Å². The van der Waals surface area contributed by atoms with E-state index in [0.717, 1.165) is 35.0 Å². The Labute approximate surface area is 277 Å². The Hall–Kier alpha value is -6.33. The lowest BCUT2D eigenvalue weighted by atomic mass is 10.0. The topological polar surface area (TPSA) is 48.5 Å². The van der Waals surface area contributed by atoms with Crippen LogP contribution in [0.1, 0.15) is 17.7 Å². The van der Waals surface area contributed by atoms with Crippen molar-refractivity contribution in [2.75, 3.05) is 0 Å². The fourth-order valence-corrected chi connectivity index (χ4v) is 7.47. The van der Waals surface area contributed by atoms with Crippen molar-refractivity contribution in [3.63, 3.8) is 0 Å². The summed E-state index contributed by atoms with van der Waals surface area (Å²) in [5, 5.41) is 6.04. The monoisotopic (exact) mass is 615 g/mol. The van der Waals surface area contributed by atoms with Gasteiger partial charge >= 0.3 is 0 Å². The number of rotatable bonds is 4. The molecule has 0 atom stereocenters. The Kier molecular flexibility index (Phi) is 5.93. The number of benzene rings is 6. The Morgan fingerprint density at radius 3 is 1.98 bits per heavy atom. The molecule has 0 spiro atoms. The number of hydrogen-bond acceptors (Lipinski definition) is 3. The summed E-state index contributed by atoms with van der Waals surface area (Å²) in [4.78, 5) is 15.4. The van der Waals surface area contributed by atoms with Gasteiger partial charge in [-0.3, -0.25) is 4.57 Å². The Morgan fingerprint density at radius 2 is 1.21 bits per heavy atom. The molecule has 48 heavy (non-hydrogen) atoms. The molecule has 0 aliphatic heterocycles. The van der Waals surface area contributed by atoms with Crippen LogP contribution in [0.5, 0.6) is 0 Å². The zero-order valence-electron chi connectivity index (χ0n) is 26.1. The maximum absolute atomic E-state index is 5.21. The van der Waals surface area contributed by atoms with Gasteiger partial charge in [-0.2, -0.15) is 9.97 Å². The molecule has 0 saturated carbocycles. The van der Waals surface area contributed by atoms with Crippen molar-refractivity contribution < 1.29 is 0 Å². The summed E-state index contributed by atoms with van der Waals surface area (Å²) in [6, 6.07) is 48.9. The first-order valence-electron chi connectivity index (χ1n) is 16.4. The minimum absolute atomic E-state index is 0.605. The molecule has 1 aliphatic carbocycles. The van der Waals surface area contributed by atoms with E-state index >= 15 is 0 Å². The molecule has 0 radical (unpaired) electrons. The van der Waals surface area contributed by atoms with E-state index in [0.29, 0.717) is 17.6 Å². The van der Waals surface area contributed by atoms with Crippen molar-refractivity contribution in [2.24, 2.45) is 0 Å². The summed E-state index contributed by atoms with van der Waals surface area (Å²) < 4.78 is 4.74. The minimum atomic E-state index is 0.605. The van der Waals surface area contributed by atoms with Gasteiger partial charge in [0, 0.05) is 44.2 Å². The average Bonchev–Trinajstić information content (AvgIpc) is 3.68. The number of nitrogens with zero attached hydrogens (tertiary/aromatic N) is 5. The smallest absolute Gasteiger partial charge is 0.238 e. The van der Waals surface area contributed by atoms with E-state index in [-0.39, 0.29) is 0 Å². The molecule has 0 N–H and O–H groups in total. The van der Waals surface area contributed by atoms with Crippen LogP contribution in [0.3, 0.4) is 0 Å². The third-order valence-electron chi connectivity index (χ3n) is 9.62. The van der Waals surface area contributed by atoms with Crippen molar-refractivity contribution in [3.8, 4) is 34.4 Å². The first-order valence-corrected chi connectivity index (χ1v) is 16.4. The predicted molar refractivity (Wildman–Crippen MR) is 197 cm³/mol.